The maximum atomic E-state index is 6.07. The highest BCUT2D eigenvalue weighted by Gasteiger charge is 2.12. The molecular weight excluding hydrogens is 397 g/mol. The van der Waals surface area contributed by atoms with Gasteiger partial charge in [-0.3, -0.25) is 4.98 Å². The fourth-order valence-electron chi connectivity index (χ4n) is 2.95. The molecule has 0 aliphatic carbocycles. The standard InChI is InChI=1S/C23H14Cl3N/c24-19-7-1-15(2-8-19)18-13-22(16-3-9-20(25)10-4-16)23(27-14-18)17-5-11-21(26)12-6-17/h1-14H. The van der Waals surface area contributed by atoms with Gasteiger partial charge in [0.1, 0.15) is 0 Å². The topological polar surface area (TPSA) is 12.9 Å². The van der Waals surface area contributed by atoms with E-state index in [1.807, 2.05) is 79.0 Å². The fraction of sp³-hybridized carbons (Fsp3) is 0. The van der Waals surface area contributed by atoms with E-state index in [4.69, 9.17) is 39.8 Å². The molecule has 0 aliphatic heterocycles. The van der Waals surface area contributed by atoms with Crippen LogP contribution in [0.5, 0.6) is 0 Å². The van der Waals surface area contributed by atoms with Crippen LogP contribution >= 0.6 is 34.8 Å². The lowest BCUT2D eigenvalue weighted by atomic mass is 9.96. The molecule has 0 bridgehead atoms. The van der Waals surface area contributed by atoms with Gasteiger partial charge in [-0.1, -0.05) is 71.2 Å². The Hall–Kier alpha value is -2.32. The minimum atomic E-state index is 0.699. The van der Waals surface area contributed by atoms with E-state index in [1.54, 1.807) is 0 Å². The van der Waals surface area contributed by atoms with E-state index in [0.29, 0.717) is 15.1 Å². The Labute approximate surface area is 173 Å². The molecule has 0 saturated heterocycles. The fourth-order valence-corrected chi connectivity index (χ4v) is 3.33. The molecule has 3 aromatic carbocycles. The highest BCUT2D eigenvalue weighted by atomic mass is 35.5. The van der Waals surface area contributed by atoms with Gasteiger partial charge in [-0.2, -0.15) is 0 Å². The van der Waals surface area contributed by atoms with Gasteiger partial charge >= 0.3 is 0 Å². The summed E-state index contributed by atoms with van der Waals surface area (Å²) < 4.78 is 0. The molecule has 4 heteroatoms. The zero-order valence-electron chi connectivity index (χ0n) is 14.2. The highest BCUT2D eigenvalue weighted by Crippen LogP contribution is 2.35. The first-order chi connectivity index (χ1) is 13.1. The van der Waals surface area contributed by atoms with Crippen molar-refractivity contribution in [1.82, 2.24) is 4.98 Å². The van der Waals surface area contributed by atoms with Gasteiger partial charge in [0.2, 0.25) is 0 Å². The van der Waals surface area contributed by atoms with Gasteiger partial charge in [-0.25, -0.2) is 0 Å². The summed E-state index contributed by atoms with van der Waals surface area (Å²) in [4.78, 5) is 4.77. The summed E-state index contributed by atoms with van der Waals surface area (Å²) in [6.07, 6.45) is 1.88. The summed E-state index contributed by atoms with van der Waals surface area (Å²) in [5, 5.41) is 2.11. The van der Waals surface area contributed by atoms with Crippen LogP contribution in [0.1, 0.15) is 0 Å². The summed E-state index contributed by atoms with van der Waals surface area (Å²) in [5.74, 6) is 0. The number of hydrogen-bond donors (Lipinski definition) is 0. The molecule has 27 heavy (non-hydrogen) atoms. The first-order valence-electron chi connectivity index (χ1n) is 8.38. The summed E-state index contributed by atoms with van der Waals surface area (Å²) in [7, 11) is 0. The molecule has 0 saturated carbocycles. The molecule has 0 radical (unpaired) electrons. The van der Waals surface area contributed by atoms with Crippen molar-refractivity contribution in [3.05, 3.63) is 100 Å². The van der Waals surface area contributed by atoms with Crippen molar-refractivity contribution >= 4 is 34.8 Å². The summed E-state index contributed by atoms with van der Waals surface area (Å²) in [6.45, 7) is 0. The lowest BCUT2D eigenvalue weighted by Gasteiger charge is -2.12. The Morgan fingerprint density at radius 3 is 1.44 bits per heavy atom. The number of rotatable bonds is 3. The Kier molecular flexibility index (Phi) is 5.18. The second-order valence-corrected chi connectivity index (χ2v) is 7.45. The number of halogens is 3. The number of nitrogens with zero attached hydrogens (tertiary/aromatic N) is 1. The van der Waals surface area contributed by atoms with Crippen LogP contribution in [-0.2, 0) is 0 Å². The van der Waals surface area contributed by atoms with Crippen LogP contribution in [0.2, 0.25) is 15.1 Å². The average Bonchev–Trinajstić information content (AvgIpc) is 2.69. The van der Waals surface area contributed by atoms with E-state index in [0.717, 1.165) is 33.5 Å². The predicted octanol–water partition coefficient (Wildman–Crippen LogP) is 8.04. The molecule has 0 unspecified atom stereocenters. The minimum absolute atomic E-state index is 0.699. The van der Waals surface area contributed by atoms with Gasteiger partial charge in [0.25, 0.3) is 0 Å². The van der Waals surface area contributed by atoms with Crippen molar-refractivity contribution in [2.45, 2.75) is 0 Å². The summed E-state index contributed by atoms with van der Waals surface area (Å²) in [6, 6.07) is 25.4. The zero-order chi connectivity index (χ0) is 18.8. The Morgan fingerprint density at radius 2 is 0.926 bits per heavy atom. The van der Waals surface area contributed by atoms with Crippen molar-refractivity contribution in [2.24, 2.45) is 0 Å². The van der Waals surface area contributed by atoms with Crippen LogP contribution in [0.15, 0.2) is 85.1 Å². The van der Waals surface area contributed by atoms with Gasteiger partial charge < -0.3 is 0 Å². The molecule has 0 N–H and O–H groups in total. The molecule has 1 aromatic heterocycles. The molecule has 4 aromatic rings. The highest BCUT2D eigenvalue weighted by molar-refractivity contribution is 6.31. The molecule has 0 aliphatic rings. The van der Waals surface area contributed by atoms with E-state index in [9.17, 15) is 0 Å². The first kappa shape index (κ1) is 18.1. The predicted molar refractivity (Wildman–Crippen MR) is 116 cm³/mol. The van der Waals surface area contributed by atoms with Crippen LogP contribution in [0, 0.1) is 0 Å². The van der Waals surface area contributed by atoms with Gasteiger partial charge in [0.15, 0.2) is 0 Å². The van der Waals surface area contributed by atoms with Gasteiger partial charge in [-0.15, -0.1) is 0 Å². The van der Waals surface area contributed by atoms with E-state index >= 15 is 0 Å². The van der Waals surface area contributed by atoms with Crippen LogP contribution in [0.25, 0.3) is 33.5 Å². The first-order valence-corrected chi connectivity index (χ1v) is 9.51. The van der Waals surface area contributed by atoms with Crippen molar-refractivity contribution in [3.8, 4) is 33.5 Å². The van der Waals surface area contributed by atoms with Gasteiger partial charge in [0, 0.05) is 38.0 Å². The third-order valence-corrected chi connectivity index (χ3v) is 5.09. The lowest BCUT2D eigenvalue weighted by Crippen LogP contribution is -1.91. The largest absolute Gasteiger partial charge is 0.255 e. The summed E-state index contributed by atoms with van der Waals surface area (Å²) in [5.41, 5.74) is 6.06. The second-order valence-electron chi connectivity index (χ2n) is 6.14. The molecule has 0 atom stereocenters. The van der Waals surface area contributed by atoms with Gasteiger partial charge in [0.05, 0.1) is 5.69 Å². The quantitative estimate of drug-likeness (QED) is 0.333. The molecule has 0 amide bonds. The molecule has 1 heterocycles. The Balaban J connectivity index is 1.89. The van der Waals surface area contributed by atoms with Crippen molar-refractivity contribution in [1.29, 1.82) is 0 Å². The molecule has 0 spiro atoms. The molecule has 4 rings (SSSR count). The van der Waals surface area contributed by atoms with Crippen molar-refractivity contribution in [3.63, 3.8) is 0 Å². The monoisotopic (exact) mass is 409 g/mol. The number of benzene rings is 3. The third-order valence-electron chi connectivity index (χ3n) is 4.34. The van der Waals surface area contributed by atoms with Crippen LogP contribution in [0.3, 0.4) is 0 Å². The Morgan fingerprint density at radius 1 is 0.481 bits per heavy atom. The SMILES string of the molecule is Clc1ccc(-c2cnc(-c3ccc(Cl)cc3)c(-c3ccc(Cl)cc3)c2)cc1. The van der Waals surface area contributed by atoms with Crippen LogP contribution < -0.4 is 0 Å². The normalized spacial score (nSPS) is 10.8. The van der Waals surface area contributed by atoms with Crippen LogP contribution in [-0.4, -0.2) is 4.98 Å². The summed E-state index contributed by atoms with van der Waals surface area (Å²) >= 11 is 18.1. The van der Waals surface area contributed by atoms with E-state index < -0.39 is 0 Å². The van der Waals surface area contributed by atoms with Crippen LogP contribution in [0.4, 0.5) is 0 Å². The molecule has 1 nitrogen and oxygen atoms in total. The van der Waals surface area contributed by atoms with E-state index in [1.165, 1.54) is 0 Å². The van der Waals surface area contributed by atoms with Crippen molar-refractivity contribution in [2.75, 3.05) is 0 Å². The minimum Gasteiger partial charge on any atom is -0.255 e. The average molecular weight is 411 g/mol. The number of aromatic nitrogens is 1. The molecule has 0 fully saturated rings. The molecular formula is C23H14Cl3N. The second kappa shape index (κ2) is 7.74. The zero-order valence-corrected chi connectivity index (χ0v) is 16.4. The third kappa shape index (κ3) is 4.01. The van der Waals surface area contributed by atoms with E-state index in [-0.39, 0.29) is 0 Å². The smallest absolute Gasteiger partial charge is 0.0780 e. The van der Waals surface area contributed by atoms with Gasteiger partial charge in [-0.05, 0) is 53.6 Å². The van der Waals surface area contributed by atoms with E-state index in [2.05, 4.69) is 6.07 Å². The van der Waals surface area contributed by atoms with Crippen molar-refractivity contribution < 1.29 is 0 Å². The maximum Gasteiger partial charge on any atom is 0.0780 e. The number of pyridine rings is 1. The Bertz CT molecular complexity index is 1070. The molecule has 132 valence electrons. The number of hydrogen-bond acceptors (Lipinski definition) is 1. The lowest BCUT2D eigenvalue weighted by molar-refractivity contribution is 1.32. The maximum absolute atomic E-state index is 6.07.